The van der Waals surface area contributed by atoms with Crippen molar-refractivity contribution in [1.29, 1.82) is 0 Å². The van der Waals surface area contributed by atoms with Crippen LogP contribution in [0.3, 0.4) is 0 Å². The standard InChI is InChI=1S/C27H35N3O2/c1-5-6-7-8-24-26(21-11-13-22(14-12-21)29(3)4)25(27(28)32)19(2)30(24)18-17-20-9-15-23(31)16-10-20/h9-16,31H,5-8,17-18H2,1-4H3,(H2,28,32). The van der Waals surface area contributed by atoms with Gasteiger partial charge in [0.2, 0.25) is 0 Å². The van der Waals surface area contributed by atoms with Crippen molar-refractivity contribution in [2.24, 2.45) is 5.73 Å². The lowest BCUT2D eigenvalue weighted by Gasteiger charge is -2.15. The van der Waals surface area contributed by atoms with E-state index in [0.717, 1.165) is 66.7 Å². The fourth-order valence-electron chi connectivity index (χ4n) is 4.34. The van der Waals surface area contributed by atoms with Crippen molar-refractivity contribution in [2.45, 2.75) is 52.5 Å². The van der Waals surface area contributed by atoms with E-state index in [1.54, 1.807) is 12.1 Å². The van der Waals surface area contributed by atoms with Crippen molar-refractivity contribution >= 4 is 11.6 Å². The normalized spacial score (nSPS) is 11.0. The van der Waals surface area contributed by atoms with Gasteiger partial charge in [0.25, 0.3) is 5.91 Å². The number of hydrogen-bond donors (Lipinski definition) is 2. The van der Waals surface area contributed by atoms with Gasteiger partial charge in [-0.1, -0.05) is 44.0 Å². The molecule has 170 valence electrons. The highest BCUT2D eigenvalue weighted by Crippen LogP contribution is 2.35. The molecular formula is C27H35N3O2. The molecule has 5 heteroatoms. The molecule has 0 bridgehead atoms. The summed E-state index contributed by atoms with van der Waals surface area (Å²) in [7, 11) is 4.04. The Hall–Kier alpha value is -3.21. The predicted molar refractivity (Wildman–Crippen MR) is 132 cm³/mol. The van der Waals surface area contributed by atoms with E-state index < -0.39 is 0 Å². The molecule has 1 amide bonds. The number of carbonyl (C=O) groups is 1. The lowest BCUT2D eigenvalue weighted by atomic mass is 9.97. The molecule has 32 heavy (non-hydrogen) atoms. The number of rotatable bonds is 10. The molecule has 0 atom stereocenters. The zero-order chi connectivity index (χ0) is 23.3. The second kappa shape index (κ2) is 10.4. The molecule has 0 saturated heterocycles. The maximum atomic E-state index is 12.6. The van der Waals surface area contributed by atoms with Gasteiger partial charge in [-0.2, -0.15) is 0 Å². The van der Waals surface area contributed by atoms with E-state index in [1.807, 2.05) is 33.2 Å². The quantitative estimate of drug-likeness (QED) is 0.426. The maximum absolute atomic E-state index is 12.6. The van der Waals surface area contributed by atoms with Gasteiger partial charge >= 0.3 is 0 Å². The Morgan fingerprint density at radius 1 is 1.00 bits per heavy atom. The molecule has 3 rings (SSSR count). The summed E-state index contributed by atoms with van der Waals surface area (Å²) < 4.78 is 2.28. The average molecular weight is 434 g/mol. The molecule has 0 fully saturated rings. The van der Waals surface area contributed by atoms with Gasteiger partial charge in [-0.3, -0.25) is 4.79 Å². The number of anilines is 1. The molecule has 1 heterocycles. The zero-order valence-electron chi connectivity index (χ0n) is 19.7. The number of nitrogens with zero attached hydrogens (tertiary/aromatic N) is 2. The fraction of sp³-hybridized carbons (Fsp3) is 0.370. The van der Waals surface area contributed by atoms with Crippen molar-refractivity contribution in [3.05, 3.63) is 71.0 Å². The number of amides is 1. The van der Waals surface area contributed by atoms with Crippen molar-refractivity contribution in [3.8, 4) is 16.9 Å². The number of nitrogens with two attached hydrogens (primary N) is 1. The molecule has 5 nitrogen and oxygen atoms in total. The van der Waals surface area contributed by atoms with Crippen LogP contribution in [0.2, 0.25) is 0 Å². The van der Waals surface area contributed by atoms with E-state index in [0.29, 0.717) is 5.56 Å². The number of aromatic hydroxyl groups is 1. The zero-order valence-corrected chi connectivity index (χ0v) is 19.7. The number of phenolic OH excluding ortho intramolecular Hbond substituents is 1. The first-order valence-electron chi connectivity index (χ1n) is 11.4. The summed E-state index contributed by atoms with van der Waals surface area (Å²) in [6.45, 7) is 4.96. The molecule has 3 aromatic rings. The summed E-state index contributed by atoms with van der Waals surface area (Å²) in [5.74, 6) is -0.111. The summed E-state index contributed by atoms with van der Waals surface area (Å²) in [6.07, 6.45) is 5.08. The van der Waals surface area contributed by atoms with Gasteiger partial charge in [0, 0.05) is 43.3 Å². The third-order valence-corrected chi connectivity index (χ3v) is 6.13. The van der Waals surface area contributed by atoms with Crippen molar-refractivity contribution < 1.29 is 9.90 Å². The summed E-state index contributed by atoms with van der Waals surface area (Å²) >= 11 is 0. The number of benzene rings is 2. The SMILES string of the molecule is CCCCCc1c(-c2ccc(N(C)C)cc2)c(C(N)=O)c(C)n1CCc1ccc(O)cc1. The second-order valence-electron chi connectivity index (χ2n) is 8.61. The molecule has 3 N–H and O–H groups in total. The van der Waals surface area contributed by atoms with Crippen molar-refractivity contribution in [1.82, 2.24) is 4.57 Å². The largest absolute Gasteiger partial charge is 0.508 e. The first kappa shape index (κ1) is 23.5. The summed E-state index contributed by atoms with van der Waals surface area (Å²) in [4.78, 5) is 14.6. The number of phenols is 1. The van der Waals surface area contributed by atoms with Crippen LogP contribution >= 0.6 is 0 Å². The first-order chi connectivity index (χ1) is 15.3. The van der Waals surface area contributed by atoms with Gasteiger partial charge in [-0.05, 0) is 61.6 Å². The molecule has 0 saturated carbocycles. The Kier molecular flexibility index (Phi) is 7.62. The van der Waals surface area contributed by atoms with Gasteiger partial charge < -0.3 is 20.3 Å². The lowest BCUT2D eigenvalue weighted by molar-refractivity contribution is 0.1000. The second-order valence-corrected chi connectivity index (χ2v) is 8.61. The van der Waals surface area contributed by atoms with E-state index in [2.05, 4.69) is 40.7 Å². The number of aromatic nitrogens is 1. The van der Waals surface area contributed by atoms with Gasteiger partial charge in [0.15, 0.2) is 0 Å². The Balaban J connectivity index is 2.07. The van der Waals surface area contributed by atoms with Crippen LogP contribution in [0.4, 0.5) is 5.69 Å². The summed E-state index contributed by atoms with van der Waals surface area (Å²) in [6, 6.07) is 15.7. The molecule has 0 unspecified atom stereocenters. The van der Waals surface area contributed by atoms with Crippen molar-refractivity contribution in [2.75, 3.05) is 19.0 Å². The Labute approximate surface area is 191 Å². The van der Waals surface area contributed by atoms with Gasteiger partial charge in [0.05, 0.1) is 5.56 Å². The third-order valence-electron chi connectivity index (χ3n) is 6.13. The molecule has 0 spiro atoms. The predicted octanol–water partition coefficient (Wildman–Crippen LogP) is 5.31. The van der Waals surface area contributed by atoms with E-state index in [9.17, 15) is 9.90 Å². The summed E-state index contributed by atoms with van der Waals surface area (Å²) in [5.41, 5.74) is 12.9. The minimum Gasteiger partial charge on any atom is -0.508 e. The molecule has 2 aromatic carbocycles. The van der Waals surface area contributed by atoms with E-state index >= 15 is 0 Å². The maximum Gasteiger partial charge on any atom is 0.251 e. The van der Waals surface area contributed by atoms with E-state index in [1.165, 1.54) is 5.69 Å². The van der Waals surface area contributed by atoms with Crippen molar-refractivity contribution in [3.63, 3.8) is 0 Å². The van der Waals surface area contributed by atoms with Gasteiger partial charge in [-0.25, -0.2) is 0 Å². The first-order valence-corrected chi connectivity index (χ1v) is 11.4. The highest BCUT2D eigenvalue weighted by atomic mass is 16.3. The highest BCUT2D eigenvalue weighted by molar-refractivity contribution is 6.02. The van der Waals surface area contributed by atoms with Crippen LogP contribution in [-0.2, 0) is 19.4 Å². The van der Waals surface area contributed by atoms with Crippen LogP contribution in [0, 0.1) is 6.92 Å². The number of primary amides is 1. The van der Waals surface area contributed by atoms with Crippen LogP contribution in [0.15, 0.2) is 48.5 Å². The lowest BCUT2D eigenvalue weighted by Crippen LogP contribution is -2.14. The minimum absolute atomic E-state index is 0.269. The molecule has 0 aliphatic rings. The Bertz CT molecular complexity index is 1050. The number of hydrogen-bond acceptors (Lipinski definition) is 3. The van der Waals surface area contributed by atoms with E-state index in [4.69, 9.17) is 5.73 Å². The van der Waals surface area contributed by atoms with Gasteiger partial charge in [0.1, 0.15) is 5.75 Å². The minimum atomic E-state index is -0.380. The van der Waals surface area contributed by atoms with E-state index in [-0.39, 0.29) is 11.7 Å². The average Bonchev–Trinajstić information content (AvgIpc) is 3.05. The molecular weight excluding hydrogens is 398 g/mol. The number of unbranched alkanes of at least 4 members (excludes halogenated alkanes) is 2. The van der Waals surface area contributed by atoms with Gasteiger partial charge in [-0.15, -0.1) is 0 Å². The van der Waals surface area contributed by atoms with Crippen LogP contribution in [0.5, 0.6) is 5.75 Å². The van der Waals surface area contributed by atoms with Crippen LogP contribution in [0.1, 0.15) is 53.5 Å². The smallest absolute Gasteiger partial charge is 0.251 e. The molecule has 0 radical (unpaired) electrons. The van der Waals surface area contributed by atoms with Crippen LogP contribution in [-0.4, -0.2) is 29.7 Å². The number of aryl methyl sites for hydroxylation is 1. The van der Waals surface area contributed by atoms with Crippen LogP contribution < -0.4 is 10.6 Å². The fourth-order valence-corrected chi connectivity index (χ4v) is 4.34. The molecule has 1 aromatic heterocycles. The number of carbonyl (C=O) groups excluding carboxylic acids is 1. The third kappa shape index (κ3) is 5.16. The monoisotopic (exact) mass is 433 g/mol. The molecule has 0 aliphatic heterocycles. The highest BCUT2D eigenvalue weighted by Gasteiger charge is 2.24. The topological polar surface area (TPSA) is 71.5 Å². The Morgan fingerprint density at radius 3 is 2.22 bits per heavy atom. The molecule has 0 aliphatic carbocycles. The Morgan fingerprint density at radius 2 is 1.66 bits per heavy atom. The van der Waals surface area contributed by atoms with Crippen LogP contribution in [0.25, 0.3) is 11.1 Å². The summed E-state index contributed by atoms with van der Waals surface area (Å²) in [5, 5.41) is 9.57.